The molecule has 0 spiro atoms. The minimum absolute atomic E-state index is 0.0115. The van der Waals surface area contributed by atoms with Crippen LogP contribution in [-0.4, -0.2) is 55.0 Å². The number of piperidine rings is 1. The summed E-state index contributed by atoms with van der Waals surface area (Å²) < 4.78 is 10.8. The van der Waals surface area contributed by atoms with E-state index in [-0.39, 0.29) is 11.8 Å². The van der Waals surface area contributed by atoms with E-state index in [1.165, 1.54) is 0 Å². The zero-order valence-corrected chi connectivity index (χ0v) is 17.7. The van der Waals surface area contributed by atoms with Crippen molar-refractivity contribution in [1.82, 2.24) is 15.2 Å². The maximum absolute atomic E-state index is 13.0. The molecular weight excluding hydrogens is 394 g/mol. The van der Waals surface area contributed by atoms with E-state index in [1.54, 1.807) is 19.2 Å². The summed E-state index contributed by atoms with van der Waals surface area (Å²) in [6, 6.07) is 15.1. The maximum atomic E-state index is 13.0. The van der Waals surface area contributed by atoms with Gasteiger partial charge in [-0.2, -0.15) is 0 Å². The Balaban J connectivity index is 1.36. The van der Waals surface area contributed by atoms with Gasteiger partial charge in [0.25, 0.3) is 5.91 Å². The van der Waals surface area contributed by atoms with E-state index in [4.69, 9.17) is 9.15 Å². The van der Waals surface area contributed by atoms with Crippen LogP contribution < -0.4 is 5.32 Å². The first-order valence-electron chi connectivity index (χ1n) is 10.6. The molecule has 0 atom stereocenters. The van der Waals surface area contributed by atoms with Gasteiger partial charge >= 0.3 is 0 Å². The number of hydrogen-bond acceptors (Lipinski definition) is 5. The summed E-state index contributed by atoms with van der Waals surface area (Å²) >= 11 is 0. The quantitative estimate of drug-likeness (QED) is 0.590. The van der Waals surface area contributed by atoms with Crippen molar-refractivity contribution >= 4 is 22.9 Å². The molecular formula is C24H27N3O4. The van der Waals surface area contributed by atoms with Gasteiger partial charge in [0, 0.05) is 44.3 Å². The Bertz CT molecular complexity index is 1040. The van der Waals surface area contributed by atoms with Crippen LogP contribution in [0.3, 0.4) is 0 Å². The lowest BCUT2D eigenvalue weighted by molar-refractivity contribution is -0.122. The molecule has 3 aromatic rings. The van der Waals surface area contributed by atoms with Gasteiger partial charge in [-0.25, -0.2) is 4.98 Å². The second kappa shape index (κ2) is 9.75. The number of carbonyl (C=O) groups excluding carboxylic acids is 2. The van der Waals surface area contributed by atoms with Gasteiger partial charge in [-0.3, -0.25) is 9.59 Å². The Morgan fingerprint density at radius 2 is 1.94 bits per heavy atom. The zero-order chi connectivity index (χ0) is 21.6. The maximum Gasteiger partial charge on any atom is 0.253 e. The Kier molecular flexibility index (Phi) is 6.62. The molecule has 1 fully saturated rings. The molecule has 2 aromatic carbocycles. The minimum atomic E-state index is -0.0115. The third kappa shape index (κ3) is 5.11. The molecule has 1 aromatic heterocycles. The fourth-order valence-electron chi connectivity index (χ4n) is 3.91. The fraction of sp³-hybridized carbons (Fsp3) is 0.375. The Hall–Kier alpha value is -3.19. The highest BCUT2D eigenvalue weighted by atomic mass is 16.5. The van der Waals surface area contributed by atoms with Gasteiger partial charge in [0.05, 0.1) is 6.61 Å². The van der Waals surface area contributed by atoms with E-state index in [1.807, 2.05) is 41.3 Å². The van der Waals surface area contributed by atoms with Gasteiger partial charge in [0.15, 0.2) is 5.58 Å². The van der Waals surface area contributed by atoms with Crippen molar-refractivity contribution < 1.29 is 18.7 Å². The van der Waals surface area contributed by atoms with Crippen molar-refractivity contribution in [2.75, 3.05) is 33.4 Å². The minimum Gasteiger partial charge on any atom is -0.436 e. The molecule has 162 valence electrons. The molecule has 7 nitrogen and oxygen atoms in total. The van der Waals surface area contributed by atoms with Crippen molar-refractivity contribution in [2.24, 2.45) is 5.92 Å². The number of amides is 2. The summed E-state index contributed by atoms with van der Waals surface area (Å²) in [6.07, 6.45) is 2.15. The molecule has 0 aliphatic carbocycles. The highest BCUT2D eigenvalue weighted by Gasteiger charge is 2.25. The molecule has 2 amide bonds. The summed E-state index contributed by atoms with van der Waals surface area (Å²) in [5.41, 5.74) is 2.83. The standard InChI is InChI=1S/C24H27N3O4/c1-30-14-11-25-22(28)15-17-9-12-27(13-10-17)24(29)19-7-8-20-21(16-19)31-23(26-20)18-5-3-2-4-6-18/h2-8,16-17H,9-15H2,1H3,(H,25,28). The van der Waals surface area contributed by atoms with Crippen molar-refractivity contribution in [2.45, 2.75) is 19.3 Å². The van der Waals surface area contributed by atoms with E-state index in [2.05, 4.69) is 10.3 Å². The molecule has 1 aliphatic rings. The molecule has 0 bridgehead atoms. The van der Waals surface area contributed by atoms with Crippen LogP contribution in [0.2, 0.25) is 0 Å². The number of nitrogens with one attached hydrogen (secondary N) is 1. The fourth-order valence-corrected chi connectivity index (χ4v) is 3.91. The summed E-state index contributed by atoms with van der Waals surface area (Å²) in [6.45, 7) is 2.35. The molecule has 0 unspecified atom stereocenters. The van der Waals surface area contributed by atoms with Gasteiger partial charge < -0.3 is 19.4 Å². The molecule has 1 aliphatic heterocycles. The number of fused-ring (bicyclic) bond motifs is 1. The van der Waals surface area contributed by atoms with Crippen LogP contribution in [0.4, 0.5) is 0 Å². The first-order valence-corrected chi connectivity index (χ1v) is 10.6. The van der Waals surface area contributed by atoms with Crippen LogP contribution in [0.25, 0.3) is 22.6 Å². The topological polar surface area (TPSA) is 84.7 Å². The molecule has 4 rings (SSSR count). The first kappa shape index (κ1) is 21.1. The van der Waals surface area contributed by atoms with Crippen LogP contribution in [0.1, 0.15) is 29.6 Å². The SMILES string of the molecule is COCCNC(=O)CC1CCN(C(=O)c2ccc3nc(-c4ccccc4)oc3c2)CC1. The number of methoxy groups -OCH3 is 1. The average molecular weight is 421 g/mol. The summed E-state index contributed by atoms with van der Waals surface area (Å²) in [5.74, 6) is 0.885. The third-order valence-electron chi connectivity index (χ3n) is 5.66. The van der Waals surface area contributed by atoms with E-state index >= 15 is 0 Å². The number of carbonyl (C=O) groups is 2. The van der Waals surface area contributed by atoms with Crippen molar-refractivity contribution in [1.29, 1.82) is 0 Å². The van der Waals surface area contributed by atoms with E-state index < -0.39 is 0 Å². The highest BCUT2D eigenvalue weighted by molar-refractivity contribution is 5.97. The molecule has 0 radical (unpaired) electrons. The lowest BCUT2D eigenvalue weighted by atomic mass is 9.93. The summed E-state index contributed by atoms with van der Waals surface area (Å²) in [7, 11) is 1.61. The normalized spacial score (nSPS) is 14.7. The van der Waals surface area contributed by atoms with E-state index in [0.29, 0.717) is 55.6 Å². The van der Waals surface area contributed by atoms with E-state index in [9.17, 15) is 9.59 Å². The zero-order valence-electron chi connectivity index (χ0n) is 17.7. The number of hydrogen-bond donors (Lipinski definition) is 1. The van der Waals surface area contributed by atoms with Crippen molar-refractivity contribution in [3.8, 4) is 11.5 Å². The number of likely N-dealkylation sites (tertiary alicyclic amines) is 1. The van der Waals surface area contributed by atoms with Crippen LogP contribution in [0.15, 0.2) is 52.9 Å². The third-order valence-corrected chi connectivity index (χ3v) is 5.66. The number of ether oxygens (including phenoxy) is 1. The van der Waals surface area contributed by atoms with Crippen molar-refractivity contribution in [3.05, 3.63) is 54.1 Å². The number of aromatic nitrogens is 1. The largest absolute Gasteiger partial charge is 0.436 e. The first-order chi connectivity index (χ1) is 15.1. The smallest absolute Gasteiger partial charge is 0.253 e. The van der Waals surface area contributed by atoms with Gasteiger partial charge in [-0.1, -0.05) is 18.2 Å². The Labute approximate surface area is 181 Å². The summed E-state index contributed by atoms with van der Waals surface area (Å²) in [4.78, 5) is 31.4. The Morgan fingerprint density at radius 3 is 2.68 bits per heavy atom. The number of rotatable bonds is 7. The molecule has 2 heterocycles. The number of benzene rings is 2. The Morgan fingerprint density at radius 1 is 1.16 bits per heavy atom. The lowest BCUT2D eigenvalue weighted by Crippen LogP contribution is -2.39. The molecule has 31 heavy (non-hydrogen) atoms. The van der Waals surface area contributed by atoms with Crippen LogP contribution in [0.5, 0.6) is 0 Å². The predicted octanol–water partition coefficient (Wildman–Crippen LogP) is 3.50. The van der Waals surface area contributed by atoms with Gasteiger partial charge in [-0.05, 0) is 49.1 Å². The average Bonchev–Trinajstić information content (AvgIpc) is 3.23. The predicted molar refractivity (Wildman–Crippen MR) is 118 cm³/mol. The van der Waals surface area contributed by atoms with Gasteiger partial charge in [0.1, 0.15) is 5.52 Å². The second-order valence-electron chi connectivity index (χ2n) is 7.85. The highest BCUT2D eigenvalue weighted by Crippen LogP contribution is 2.26. The number of oxazole rings is 1. The molecule has 1 N–H and O–H groups in total. The molecule has 0 saturated carbocycles. The summed E-state index contributed by atoms with van der Waals surface area (Å²) in [5, 5.41) is 2.86. The molecule has 7 heteroatoms. The van der Waals surface area contributed by atoms with Crippen LogP contribution in [0, 0.1) is 5.92 Å². The van der Waals surface area contributed by atoms with Crippen LogP contribution in [-0.2, 0) is 9.53 Å². The van der Waals surface area contributed by atoms with Crippen molar-refractivity contribution in [3.63, 3.8) is 0 Å². The lowest BCUT2D eigenvalue weighted by Gasteiger charge is -2.31. The second-order valence-corrected chi connectivity index (χ2v) is 7.85. The van der Waals surface area contributed by atoms with Gasteiger partial charge in [0.2, 0.25) is 11.8 Å². The van der Waals surface area contributed by atoms with Crippen LogP contribution >= 0.6 is 0 Å². The monoisotopic (exact) mass is 421 g/mol. The number of nitrogens with zero attached hydrogens (tertiary/aromatic N) is 2. The van der Waals surface area contributed by atoms with E-state index in [0.717, 1.165) is 23.9 Å². The molecule has 1 saturated heterocycles. The van der Waals surface area contributed by atoms with Gasteiger partial charge in [-0.15, -0.1) is 0 Å².